The van der Waals surface area contributed by atoms with Crippen LogP contribution in [-0.4, -0.2) is 140 Å². The molecule has 2 fully saturated rings. The Hall–Kier alpha value is -2.57. The smallest absolute Gasteiger partial charge is 0.220 e. The van der Waals surface area contributed by atoms with Gasteiger partial charge >= 0.3 is 0 Å². The second-order valence-electron chi connectivity index (χ2n) is 27.1. The van der Waals surface area contributed by atoms with E-state index in [0.29, 0.717) is 12.8 Å². The quantitative estimate of drug-likeness (QED) is 0.0204. The van der Waals surface area contributed by atoms with Gasteiger partial charge in [0.15, 0.2) is 12.6 Å². The molecule has 0 aromatic carbocycles. The molecule has 0 radical (unpaired) electrons. The molecule has 1 amide bonds. The molecular weight excluding hydrogens is 1170 g/mol. The molecule has 2 aliphatic heterocycles. The predicted octanol–water partition coefficient (Wildman–Crippen LogP) is 17.0. The third kappa shape index (κ3) is 46.4. The van der Waals surface area contributed by atoms with Crippen molar-refractivity contribution in [2.45, 2.75) is 402 Å². The van der Waals surface area contributed by atoms with Gasteiger partial charge in [-0.15, -0.1) is 0 Å². The van der Waals surface area contributed by atoms with Crippen LogP contribution in [0.5, 0.6) is 0 Å². The molecule has 0 saturated carbocycles. The molecule has 2 heterocycles. The molecule has 2 aliphatic rings. The second-order valence-corrected chi connectivity index (χ2v) is 27.1. The Labute approximate surface area is 568 Å². The Morgan fingerprint density at radius 2 is 0.720 bits per heavy atom. The van der Waals surface area contributed by atoms with E-state index in [1.807, 2.05) is 6.08 Å². The van der Waals surface area contributed by atoms with E-state index in [4.69, 9.17) is 18.9 Å². The Morgan fingerprint density at radius 1 is 0.387 bits per heavy atom. The van der Waals surface area contributed by atoms with E-state index in [1.165, 1.54) is 238 Å². The van der Waals surface area contributed by atoms with E-state index in [9.17, 15) is 45.6 Å². The minimum atomic E-state index is -1.80. The zero-order chi connectivity index (χ0) is 67.3. The van der Waals surface area contributed by atoms with Crippen molar-refractivity contribution in [1.29, 1.82) is 0 Å². The van der Waals surface area contributed by atoms with Gasteiger partial charge in [-0.2, -0.15) is 0 Å². The zero-order valence-electron chi connectivity index (χ0n) is 59.2. The summed E-state index contributed by atoms with van der Waals surface area (Å²) in [6.07, 6.45) is 69.8. The van der Waals surface area contributed by atoms with Crippen molar-refractivity contribution in [3.05, 3.63) is 72.9 Å². The van der Waals surface area contributed by atoms with Crippen molar-refractivity contribution in [2.24, 2.45) is 0 Å². The third-order valence-corrected chi connectivity index (χ3v) is 18.6. The van der Waals surface area contributed by atoms with Gasteiger partial charge in [-0.25, -0.2) is 0 Å². The maximum atomic E-state index is 13.4. The van der Waals surface area contributed by atoms with Gasteiger partial charge in [-0.05, 0) is 83.5 Å². The summed E-state index contributed by atoms with van der Waals surface area (Å²) in [5.74, 6) is -0.249. The fourth-order valence-corrected chi connectivity index (χ4v) is 12.5. The monoisotopic (exact) mass is 1310 g/mol. The van der Waals surface area contributed by atoms with Gasteiger partial charge in [0.05, 0.1) is 32.0 Å². The van der Waals surface area contributed by atoms with Crippen LogP contribution in [0.25, 0.3) is 0 Å². The van der Waals surface area contributed by atoms with E-state index in [0.717, 1.165) is 57.8 Å². The standard InChI is InChI=1S/C79H143NO13/c1-3-5-7-9-11-13-15-17-19-21-23-25-27-29-30-31-32-33-34-35-36-37-38-39-41-43-45-47-49-51-53-55-57-59-61-63-71(84)80-67(66-90-78-76(89)74(87)77(70(65-82)92-78)93-79-75(88)73(86)72(85)69(64-81)91-79)68(83)62-60-58-56-54-52-50-48-46-44-42-40-28-26-24-22-20-18-16-14-12-10-8-6-4-2/h15,17,21,23,27,29,44,46,52,54,60,62,67-70,72-79,81-83,85-89H,3-14,16,18-20,22,24-26,28,30-43,45,47-51,53,55-59,61,63-66H2,1-2H3,(H,80,84)/b17-15-,23-21-,29-27-,46-44+,54-52+,62-60+. The van der Waals surface area contributed by atoms with E-state index < -0.39 is 86.8 Å². The van der Waals surface area contributed by atoms with Crippen LogP contribution >= 0.6 is 0 Å². The van der Waals surface area contributed by atoms with E-state index in [1.54, 1.807) is 6.08 Å². The maximum absolute atomic E-state index is 13.4. The van der Waals surface area contributed by atoms with E-state index in [2.05, 4.69) is 79.9 Å². The second kappa shape index (κ2) is 62.9. The number of unbranched alkanes of at least 4 members (excludes halogenated alkanes) is 41. The summed E-state index contributed by atoms with van der Waals surface area (Å²) < 4.78 is 22.9. The predicted molar refractivity (Wildman–Crippen MR) is 383 cm³/mol. The van der Waals surface area contributed by atoms with Crippen LogP contribution in [0, 0.1) is 0 Å². The van der Waals surface area contributed by atoms with E-state index in [-0.39, 0.29) is 18.9 Å². The summed E-state index contributed by atoms with van der Waals surface area (Å²) >= 11 is 0. The molecule has 12 atom stereocenters. The number of ether oxygens (including phenoxy) is 4. The molecule has 0 aromatic rings. The molecule has 2 saturated heterocycles. The SMILES string of the molecule is CCCCCCC/C=C\C/C=C\C/C=C\CCCCCCCCCCCCCCCCCCCCCCC(=O)NC(COC1OC(CO)C(OC2OC(CO)C(O)C(O)C2O)C(O)C1O)C(O)/C=C/CC/C=C/CC/C=C/CCCCCCCCCCCCCCCC. The average Bonchev–Trinajstić information content (AvgIpc) is 0.854. The van der Waals surface area contributed by atoms with Crippen molar-refractivity contribution in [2.75, 3.05) is 19.8 Å². The van der Waals surface area contributed by atoms with Gasteiger partial charge in [0.2, 0.25) is 5.91 Å². The topological polar surface area (TPSA) is 228 Å². The van der Waals surface area contributed by atoms with Crippen LogP contribution in [0.3, 0.4) is 0 Å². The van der Waals surface area contributed by atoms with Gasteiger partial charge in [-0.1, -0.05) is 311 Å². The third-order valence-electron chi connectivity index (χ3n) is 18.6. The number of hydrogen-bond donors (Lipinski definition) is 9. The van der Waals surface area contributed by atoms with Crippen molar-refractivity contribution in [3.8, 4) is 0 Å². The summed E-state index contributed by atoms with van der Waals surface area (Å²) in [4.78, 5) is 13.4. The number of aliphatic hydroxyl groups is 8. The Morgan fingerprint density at radius 3 is 1.13 bits per heavy atom. The van der Waals surface area contributed by atoms with Gasteiger partial charge in [0.1, 0.15) is 48.8 Å². The highest BCUT2D eigenvalue weighted by Gasteiger charge is 2.51. The number of nitrogens with one attached hydrogen (secondary N) is 1. The van der Waals surface area contributed by atoms with Crippen molar-refractivity contribution >= 4 is 5.91 Å². The lowest BCUT2D eigenvalue weighted by Gasteiger charge is -2.46. The van der Waals surface area contributed by atoms with Crippen molar-refractivity contribution in [1.82, 2.24) is 5.32 Å². The number of carbonyl (C=O) groups excluding carboxylic acids is 1. The summed E-state index contributed by atoms with van der Waals surface area (Å²) in [7, 11) is 0. The first-order valence-electron chi connectivity index (χ1n) is 38.7. The van der Waals surface area contributed by atoms with Gasteiger partial charge < -0.3 is 65.1 Å². The fraction of sp³-hybridized carbons (Fsp3) is 0.835. The Kier molecular flexibility index (Phi) is 58.5. The molecule has 0 aromatic heterocycles. The first-order chi connectivity index (χ1) is 45.6. The lowest BCUT2D eigenvalue weighted by molar-refractivity contribution is -0.359. The molecule has 542 valence electrons. The normalized spacial score (nSPS) is 22.9. The van der Waals surface area contributed by atoms with Crippen molar-refractivity contribution in [3.63, 3.8) is 0 Å². The van der Waals surface area contributed by atoms with E-state index >= 15 is 0 Å². The molecule has 0 aliphatic carbocycles. The van der Waals surface area contributed by atoms with Crippen molar-refractivity contribution < 1.29 is 64.6 Å². The average molecular weight is 1320 g/mol. The summed E-state index contributed by atoms with van der Waals surface area (Å²) in [5.41, 5.74) is 0. The molecule has 2 rings (SSSR count). The van der Waals surface area contributed by atoms with Crippen LogP contribution in [0.2, 0.25) is 0 Å². The zero-order valence-corrected chi connectivity index (χ0v) is 59.2. The van der Waals surface area contributed by atoms with Crippen LogP contribution in [-0.2, 0) is 23.7 Å². The van der Waals surface area contributed by atoms with Crippen LogP contribution in [0.4, 0.5) is 0 Å². The lowest BCUT2D eigenvalue weighted by Crippen LogP contribution is -2.65. The summed E-state index contributed by atoms with van der Waals surface area (Å²) in [6, 6.07) is -0.941. The van der Waals surface area contributed by atoms with Gasteiger partial charge in [-0.3, -0.25) is 4.79 Å². The largest absolute Gasteiger partial charge is 0.394 e. The number of rotatable bonds is 64. The minimum Gasteiger partial charge on any atom is -0.394 e. The highest BCUT2D eigenvalue weighted by atomic mass is 16.7. The molecule has 12 unspecified atom stereocenters. The Balaban J connectivity index is 1.64. The number of carbonyl (C=O) groups is 1. The number of allylic oxidation sites excluding steroid dienone is 11. The highest BCUT2D eigenvalue weighted by molar-refractivity contribution is 5.76. The van der Waals surface area contributed by atoms with Gasteiger partial charge in [0.25, 0.3) is 0 Å². The molecule has 0 bridgehead atoms. The molecule has 14 nitrogen and oxygen atoms in total. The summed E-state index contributed by atoms with van der Waals surface area (Å²) in [5, 5.41) is 87.5. The van der Waals surface area contributed by atoms with Gasteiger partial charge in [0, 0.05) is 6.42 Å². The molecule has 14 heteroatoms. The number of aliphatic hydroxyl groups excluding tert-OH is 8. The first kappa shape index (κ1) is 86.5. The number of amides is 1. The minimum absolute atomic E-state index is 0.249. The molecular formula is C79H143NO13. The Bertz CT molecular complexity index is 1840. The first-order valence-corrected chi connectivity index (χ1v) is 38.7. The summed E-state index contributed by atoms with van der Waals surface area (Å²) in [6.45, 7) is 2.80. The highest BCUT2D eigenvalue weighted by Crippen LogP contribution is 2.30. The molecule has 93 heavy (non-hydrogen) atoms. The number of hydrogen-bond acceptors (Lipinski definition) is 13. The maximum Gasteiger partial charge on any atom is 0.220 e. The van der Waals surface area contributed by atoms with Crippen LogP contribution in [0.15, 0.2) is 72.9 Å². The molecule has 9 N–H and O–H groups in total. The lowest BCUT2D eigenvalue weighted by atomic mass is 9.97. The van der Waals surface area contributed by atoms with Crippen LogP contribution < -0.4 is 5.32 Å². The fourth-order valence-electron chi connectivity index (χ4n) is 12.5. The molecule has 0 spiro atoms. The van der Waals surface area contributed by atoms with Crippen LogP contribution in [0.1, 0.15) is 328 Å².